The number of likely N-dealkylation sites (N-methyl/N-ethyl adjacent to an activating group) is 1. The third-order valence-corrected chi connectivity index (χ3v) is 5.90. The first-order chi connectivity index (χ1) is 15.0. The number of nitrogens with zero attached hydrogens (tertiary/aromatic N) is 2. The number of hydrogen-bond donors (Lipinski definition) is 2. The van der Waals surface area contributed by atoms with Crippen LogP contribution < -0.4 is 20.3 Å². The van der Waals surface area contributed by atoms with E-state index in [2.05, 4.69) is 20.5 Å². The number of thiazole rings is 1. The van der Waals surface area contributed by atoms with Gasteiger partial charge in [-0.1, -0.05) is 29.8 Å². The largest absolute Gasteiger partial charge is 0.477 e. The minimum absolute atomic E-state index is 0.0962. The van der Waals surface area contributed by atoms with Crippen LogP contribution in [0.3, 0.4) is 0 Å². The van der Waals surface area contributed by atoms with E-state index in [0.717, 1.165) is 27.6 Å². The molecule has 0 spiro atoms. The number of hydrogen-bond acceptors (Lipinski definition) is 6. The highest BCUT2D eigenvalue weighted by molar-refractivity contribution is 7.09. The minimum atomic E-state index is -0.585. The summed E-state index contributed by atoms with van der Waals surface area (Å²) in [6.45, 7) is 2.97. The fourth-order valence-electron chi connectivity index (χ4n) is 3.43. The SMILES string of the molecule is CNC(=O)C1CN(Cc2csc(CC(=O)Nc3ccc(C)cc3)n2)c2ccccc2O1. The molecule has 0 fully saturated rings. The summed E-state index contributed by atoms with van der Waals surface area (Å²) in [5, 5.41) is 8.27. The summed E-state index contributed by atoms with van der Waals surface area (Å²) < 4.78 is 5.85. The van der Waals surface area contributed by atoms with Gasteiger partial charge in [0.05, 0.1) is 30.9 Å². The van der Waals surface area contributed by atoms with E-state index in [-0.39, 0.29) is 18.2 Å². The summed E-state index contributed by atoms with van der Waals surface area (Å²) in [5.41, 5.74) is 3.70. The fourth-order valence-corrected chi connectivity index (χ4v) is 4.22. The monoisotopic (exact) mass is 436 g/mol. The van der Waals surface area contributed by atoms with Gasteiger partial charge in [0.15, 0.2) is 6.10 Å². The molecule has 3 aromatic rings. The van der Waals surface area contributed by atoms with E-state index in [4.69, 9.17) is 4.74 Å². The van der Waals surface area contributed by atoms with E-state index in [1.807, 2.05) is 60.8 Å². The van der Waals surface area contributed by atoms with Crippen molar-refractivity contribution in [3.05, 3.63) is 70.2 Å². The number of amides is 2. The van der Waals surface area contributed by atoms with Gasteiger partial charge in [0.25, 0.3) is 5.91 Å². The Labute approximate surface area is 185 Å². The molecule has 0 radical (unpaired) electrons. The third kappa shape index (κ3) is 5.03. The lowest BCUT2D eigenvalue weighted by Gasteiger charge is -2.35. The van der Waals surface area contributed by atoms with Crippen molar-refractivity contribution in [2.75, 3.05) is 23.8 Å². The van der Waals surface area contributed by atoms with Crippen LogP contribution in [-0.2, 0) is 22.6 Å². The van der Waals surface area contributed by atoms with Crippen molar-refractivity contribution in [3.63, 3.8) is 0 Å². The molecule has 2 amide bonds. The van der Waals surface area contributed by atoms with Crippen LogP contribution in [0.25, 0.3) is 0 Å². The van der Waals surface area contributed by atoms with Crippen molar-refractivity contribution < 1.29 is 14.3 Å². The molecule has 0 saturated carbocycles. The number of nitrogens with one attached hydrogen (secondary N) is 2. The molecular weight excluding hydrogens is 412 g/mol. The van der Waals surface area contributed by atoms with Gasteiger partial charge < -0.3 is 20.3 Å². The molecule has 0 saturated heterocycles. The van der Waals surface area contributed by atoms with E-state index in [9.17, 15) is 9.59 Å². The van der Waals surface area contributed by atoms with Crippen molar-refractivity contribution in [3.8, 4) is 5.75 Å². The summed E-state index contributed by atoms with van der Waals surface area (Å²) in [7, 11) is 1.60. The van der Waals surface area contributed by atoms with Crippen molar-refractivity contribution in [1.29, 1.82) is 0 Å². The second-order valence-corrected chi connectivity index (χ2v) is 8.34. The Morgan fingerprint density at radius 3 is 2.74 bits per heavy atom. The first kappa shape index (κ1) is 20.9. The number of ether oxygens (including phenoxy) is 1. The molecule has 31 heavy (non-hydrogen) atoms. The lowest BCUT2D eigenvalue weighted by Crippen LogP contribution is -2.48. The summed E-state index contributed by atoms with van der Waals surface area (Å²) in [5.74, 6) is 0.419. The highest BCUT2D eigenvalue weighted by Crippen LogP contribution is 2.34. The van der Waals surface area contributed by atoms with Crippen molar-refractivity contribution in [1.82, 2.24) is 10.3 Å². The fraction of sp³-hybridized carbons (Fsp3) is 0.261. The quantitative estimate of drug-likeness (QED) is 0.620. The smallest absolute Gasteiger partial charge is 0.262 e. The predicted octanol–water partition coefficient (Wildman–Crippen LogP) is 3.15. The maximum absolute atomic E-state index is 12.4. The summed E-state index contributed by atoms with van der Waals surface area (Å²) in [6, 6.07) is 15.4. The van der Waals surface area contributed by atoms with E-state index in [1.54, 1.807) is 7.05 Å². The highest BCUT2D eigenvalue weighted by atomic mass is 32.1. The van der Waals surface area contributed by atoms with Crippen LogP contribution >= 0.6 is 11.3 Å². The molecule has 4 rings (SSSR count). The Morgan fingerprint density at radius 1 is 1.19 bits per heavy atom. The first-order valence-corrected chi connectivity index (χ1v) is 10.9. The standard InChI is InChI=1S/C23H24N4O3S/c1-15-7-9-16(10-8-15)25-21(28)11-22-26-17(14-31-22)12-27-13-20(23(29)24-2)30-19-6-4-3-5-18(19)27/h3-10,14,20H,11-13H2,1-2H3,(H,24,29)(H,25,28). The van der Waals surface area contributed by atoms with E-state index < -0.39 is 6.10 Å². The zero-order chi connectivity index (χ0) is 21.8. The molecule has 7 nitrogen and oxygen atoms in total. The van der Waals surface area contributed by atoms with Crippen LogP contribution in [-0.4, -0.2) is 36.5 Å². The summed E-state index contributed by atoms with van der Waals surface area (Å²) in [6.07, 6.45) is -0.364. The number of carbonyl (C=O) groups is 2. The zero-order valence-corrected chi connectivity index (χ0v) is 18.2. The summed E-state index contributed by atoms with van der Waals surface area (Å²) in [4.78, 5) is 31.2. The highest BCUT2D eigenvalue weighted by Gasteiger charge is 2.30. The maximum Gasteiger partial charge on any atom is 0.262 e. The van der Waals surface area contributed by atoms with Gasteiger partial charge in [-0.2, -0.15) is 0 Å². The Hall–Kier alpha value is -3.39. The number of aromatic nitrogens is 1. The van der Waals surface area contributed by atoms with Gasteiger partial charge >= 0.3 is 0 Å². The number of fused-ring (bicyclic) bond motifs is 1. The van der Waals surface area contributed by atoms with Gasteiger partial charge in [-0.3, -0.25) is 9.59 Å². The molecule has 2 aromatic carbocycles. The van der Waals surface area contributed by atoms with Crippen molar-refractivity contribution in [2.24, 2.45) is 0 Å². The Kier molecular flexibility index (Phi) is 6.18. The van der Waals surface area contributed by atoms with Gasteiger partial charge in [0.2, 0.25) is 5.91 Å². The lowest BCUT2D eigenvalue weighted by atomic mass is 10.1. The second-order valence-electron chi connectivity index (χ2n) is 7.39. The van der Waals surface area contributed by atoms with Crippen LogP contribution in [0, 0.1) is 6.92 Å². The number of rotatable bonds is 6. The van der Waals surface area contributed by atoms with E-state index in [0.29, 0.717) is 18.8 Å². The van der Waals surface area contributed by atoms with Gasteiger partial charge in [0.1, 0.15) is 10.8 Å². The summed E-state index contributed by atoms with van der Waals surface area (Å²) >= 11 is 1.46. The minimum Gasteiger partial charge on any atom is -0.477 e. The molecule has 8 heteroatoms. The van der Waals surface area contributed by atoms with Crippen LogP contribution in [0.2, 0.25) is 0 Å². The van der Waals surface area contributed by atoms with Gasteiger partial charge in [-0.15, -0.1) is 11.3 Å². The van der Waals surface area contributed by atoms with Crippen LogP contribution in [0.1, 0.15) is 16.3 Å². The Morgan fingerprint density at radius 2 is 1.97 bits per heavy atom. The second kappa shape index (κ2) is 9.18. The molecule has 0 aliphatic carbocycles. The molecule has 1 unspecified atom stereocenters. The molecule has 2 N–H and O–H groups in total. The van der Waals surface area contributed by atoms with Gasteiger partial charge in [-0.05, 0) is 31.2 Å². The number of para-hydroxylation sites is 2. The number of benzene rings is 2. The normalized spacial score (nSPS) is 15.0. The van der Waals surface area contributed by atoms with Crippen molar-refractivity contribution in [2.45, 2.75) is 26.0 Å². The first-order valence-electron chi connectivity index (χ1n) is 10.0. The maximum atomic E-state index is 12.4. The topological polar surface area (TPSA) is 83.6 Å². The van der Waals surface area contributed by atoms with Gasteiger partial charge in [0, 0.05) is 18.1 Å². The average Bonchev–Trinajstić information content (AvgIpc) is 3.21. The third-order valence-electron chi connectivity index (χ3n) is 5.00. The molecule has 1 atom stereocenters. The number of carbonyl (C=O) groups excluding carboxylic acids is 2. The Bertz CT molecular complexity index is 1080. The molecule has 0 bridgehead atoms. The molecule has 2 heterocycles. The van der Waals surface area contributed by atoms with Gasteiger partial charge in [-0.25, -0.2) is 4.98 Å². The molecule has 1 aliphatic heterocycles. The molecule has 1 aliphatic rings. The van der Waals surface area contributed by atoms with E-state index in [1.165, 1.54) is 11.3 Å². The zero-order valence-electron chi connectivity index (χ0n) is 17.4. The molecular formula is C23H24N4O3S. The van der Waals surface area contributed by atoms with Crippen molar-refractivity contribution >= 4 is 34.5 Å². The average molecular weight is 437 g/mol. The Balaban J connectivity index is 1.42. The predicted molar refractivity (Wildman–Crippen MR) is 122 cm³/mol. The van der Waals surface area contributed by atoms with Crippen LogP contribution in [0.4, 0.5) is 11.4 Å². The number of aryl methyl sites for hydroxylation is 1. The van der Waals surface area contributed by atoms with Crippen LogP contribution in [0.5, 0.6) is 5.75 Å². The van der Waals surface area contributed by atoms with Crippen LogP contribution in [0.15, 0.2) is 53.9 Å². The molecule has 1 aromatic heterocycles. The van der Waals surface area contributed by atoms with E-state index >= 15 is 0 Å². The lowest BCUT2D eigenvalue weighted by molar-refractivity contribution is -0.127. The molecule has 160 valence electrons. The number of anilines is 2.